The highest BCUT2D eigenvalue weighted by atomic mass is 19.1. The van der Waals surface area contributed by atoms with Crippen molar-refractivity contribution in [2.24, 2.45) is 11.7 Å². The summed E-state index contributed by atoms with van der Waals surface area (Å²) in [5, 5.41) is 0. The van der Waals surface area contributed by atoms with E-state index in [9.17, 15) is 14.0 Å². The molecule has 1 fully saturated rings. The van der Waals surface area contributed by atoms with Crippen LogP contribution in [0.1, 0.15) is 12.5 Å². The summed E-state index contributed by atoms with van der Waals surface area (Å²) in [6, 6.07) is 4.66. The lowest BCUT2D eigenvalue weighted by Crippen LogP contribution is -2.39. The molecule has 126 valence electrons. The van der Waals surface area contributed by atoms with Gasteiger partial charge < -0.3 is 15.4 Å². The highest BCUT2D eigenvalue weighted by Crippen LogP contribution is 2.24. The maximum Gasteiger partial charge on any atom is 0.223 e. The number of nitrogens with zero attached hydrogens (tertiary/aromatic N) is 2. The molecule has 1 aliphatic heterocycles. The fourth-order valence-electron chi connectivity index (χ4n) is 2.80. The molecule has 1 aromatic carbocycles. The predicted octanol–water partition coefficient (Wildman–Crippen LogP) is 0.600. The van der Waals surface area contributed by atoms with Crippen molar-refractivity contribution in [3.63, 3.8) is 0 Å². The monoisotopic (exact) mass is 323 g/mol. The van der Waals surface area contributed by atoms with Gasteiger partial charge in [-0.15, -0.1) is 0 Å². The molecule has 7 heteroatoms. The highest BCUT2D eigenvalue weighted by molar-refractivity contribution is 5.79. The number of ether oxygens (including phenoxy) is 1. The number of amides is 2. The lowest BCUT2D eigenvalue weighted by atomic mass is 10.1. The second-order valence-corrected chi connectivity index (χ2v) is 5.72. The summed E-state index contributed by atoms with van der Waals surface area (Å²) in [4.78, 5) is 26.8. The van der Waals surface area contributed by atoms with E-state index in [0.717, 1.165) is 0 Å². The Labute approximate surface area is 135 Å². The van der Waals surface area contributed by atoms with E-state index in [2.05, 4.69) is 0 Å². The molecule has 0 aromatic heterocycles. The van der Waals surface area contributed by atoms with Crippen molar-refractivity contribution < 1.29 is 18.7 Å². The number of hydrogen-bond donors (Lipinski definition) is 1. The van der Waals surface area contributed by atoms with Crippen LogP contribution >= 0.6 is 0 Å². The number of benzene rings is 1. The van der Waals surface area contributed by atoms with Crippen molar-refractivity contribution in [3.05, 3.63) is 29.6 Å². The largest absolute Gasteiger partial charge is 0.496 e. The number of carbonyl (C=O) groups excluding carboxylic acids is 2. The molecule has 0 radical (unpaired) electrons. The van der Waals surface area contributed by atoms with Crippen LogP contribution in [0.3, 0.4) is 0 Å². The van der Waals surface area contributed by atoms with Crippen LogP contribution in [0.5, 0.6) is 5.75 Å². The smallest absolute Gasteiger partial charge is 0.223 e. The summed E-state index contributed by atoms with van der Waals surface area (Å²) in [5.74, 6) is -0.912. The minimum Gasteiger partial charge on any atom is -0.496 e. The summed E-state index contributed by atoms with van der Waals surface area (Å²) in [5.41, 5.74) is 5.88. The topological polar surface area (TPSA) is 75.9 Å². The van der Waals surface area contributed by atoms with Crippen LogP contribution in [0.25, 0.3) is 0 Å². The summed E-state index contributed by atoms with van der Waals surface area (Å²) < 4.78 is 19.3. The Kier molecular flexibility index (Phi) is 5.54. The second-order valence-electron chi connectivity index (χ2n) is 5.72. The van der Waals surface area contributed by atoms with Gasteiger partial charge in [-0.1, -0.05) is 6.07 Å². The first-order valence-corrected chi connectivity index (χ1v) is 7.51. The summed E-state index contributed by atoms with van der Waals surface area (Å²) in [6.07, 6.45) is 0. The highest BCUT2D eigenvalue weighted by Gasteiger charge is 2.28. The fraction of sp³-hybridized carbons (Fsp3) is 0.500. The number of nitrogens with two attached hydrogens (primary N) is 1. The van der Waals surface area contributed by atoms with Gasteiger partial charge in [0.15, 0.2) is 0 Å². The quantitative estimate of drug-likeness (QED) is 0.880. The molecular formula is C16H22FN3O3. The predicted molar refractivity (Wildman–Crippen MR) is 83.2 cm³/mol. The van der Waals surface area contributed by atoms with E-state index < -0.39 is 11.8 Å². The van der Waals surface area contributed by atoms with Gasteiger partial charge in [-0.3, -0.25) is 14.5 Å². The molecule has 6 nitrogen and oxygen atoms in total. The normalized spacial score (nSPS) is 19.3. The molecule has 2 N–H and O–H groups in total. The molecule has 0 saturated carbocycles. The summed E-state index contributed by atoms with van der Waals surface area (Å²) >= 11 is 0. The van der Waals surface area contributed by atoms with Crippen molar-refractivity contribution in [1.82, 2.24) is 9.80 Å². The maximum absolute atomic E-state index is 14.1. The molecule has 1 saturated heterocycles. The third kappa shape index (κ3) is 4.19. The Morgan fingerprint density at radius 3 is 2.70 bits per heavy atom. The van der Waals surface area contributed by atoms with Crippen LogP contribution in [-0.4, -0.2) is 54.9 Å². The fourth-order valence-corrected chi connectivity index (χ4v) is 2.80. The maximum atomic E-state index is 14.1. The third-order valence-electron chi connectivity index (χ3n) is 4.13. The van der Waals surface area contributed by atoms with Crippen LogP contribution in [0.2, 0.25) is 0 Å². The second kappa shape index (κ2) is 7.41. The van der Waals surface area contributed by atoms with E-state index in [1.165, 1.54) is 20.1 Å². The molecule has 2 rings (SSSR count). The number of rotatable bonds is 4. The van der Waals surface area contributed by atoms with Gasteiger partial charge in [-0.05, 0) is 12.1 Å². The van der Waals surface area contributed by atoms with Crippen molar-refractivity contribution in [3.8, 4) is 5.75 Å². The number of halogens is 1. The molecule has 0 unspecified atom stereocenters. The van der Waals surface area contributed by atoms with Crippen molar-refractivity contribution in [2.45, 2.75) is 13.5 Å². The van der Waals surface area contributed by atoms with Gasteiger partial charge in [0.25, 0.3) is 0 Å². The van der Waals surface area contributed by atoms with Crippen LogP contribution in [0, 0.1) is 11.7 Å². The van der Waals surface area contributed by atoms with E-state index in [0.29, 0.717) is 44.0 Å². The van der Waals surface area contributed by atoms with Crippen molar-refractivity contribution in [2.75, 3.05) is 33.3 Å². The first-order chi connectivity index (χ1) is 10.9. The summed E-state index contributed by atoms with van der Waals surface area (Å²) in [6.45, 7) is 3.47. The molecule has 1 atom stereocenters. The SMILES string of the molecule is COc1cccc(F)c1CN1CCN(C(C)=O)C[C@@H](C(N)=O)C1. The number of methoxy groups -OCH3 is 1. The number of carbonyl (C=O) groups is 2. The molecule has 23 heavy (non-hydrogen) atoms. The van der Waals surface area contributed by atoms with Crippen LogP contribution in [0.15, 0.2) is 18.2 Å². The van der Waals surface area contributed by atoms with Crippen molar-refractivity contribution >= 4 is 11.8 Å². The van der Waals surface area contributed by atoms with Crippen molar-refractivity contribution in [1.29, 1.82) is 0 Å². The zero-order valence-electron chi connectivity index (χ0n) is 13.4. The van der Waals surface area contributed by atoms with Gasteiger partial charge in [-0.25, -0.2) is 4.39 Å². The standard InChI is InChI=1S/C16H22FN3O3/c1-11(21)20-7-6-19(8-12(9-20)16(18)22)10-13-14(17)4-3-5-15(13)23-2/h3-5,12H,6-10H2,1-2H3,(H2,18,22)/t12-/m0/s1. The van der Waals surface area contributed by atoms with Crippen LogP contribution in [-0.2, 0) is 16.1 Å². The first-order valence-electron chi connectivity index (χ1n) is 7.51. The van der Waals surface area contributed by atoms with Gasteiger partial charge in [0.2, 0.25) is 11.8 Å². The van der Waals surface area contributed by atoms with Gasteiger partial charge >= 0.3 is 0 Å². The van der Waals surface area contributed by atoms with Gasteiger partial charge in [-0.2, -0.15) is 0 Å². The Morgan fingerprint density at radius 1 is 1.35 bits per heavy atom. The average molecular weight is 323 g/mol. The third-order valence-corrected chi connectivity index (χ3v) is 4.13. The first kappa shape index (κ1) is 17.2. The Hall–Kier alpha value is -2.15. The van der Waals surface area contributed by atoms with E-state index in [1.807, 2.05) is 4.90 Å². The Morgan fingerprint density at radius 2 is 2.09 bits per heavy atom. The average Bonchev–Trinajstić information content (AvgIpc) is 2.72. The molecule has 0 aliphatic carbocycles. The molecular weight excluding hydrogens is 301 g/mol. The molecule has 2 amide bonds. The Bertz CT molecular complexity index is 594. The van der Waals surface area contributed by atoms with Gasteiger partial charge in [0.1, 0.15) is 11.6 Å². The molecule has 0 bridgehead atoms. The zero-order chi connectivity index (χ0) is 17.0. The minimum absolute atomic E-state index is 0.0958. The minimum atomic E-state index is -0.473. The Balaban J connectivity index is 2.19. The number of hydrogen-bond acceptors (Lipinski definition) is 4. The van der Waals surface area contributed by atoms with E-state index in [1.54, 1.807) is 17.0 Å². The lowest BCUT2D eigenvalue weighted by Gasteiger charge is -2.23. The zero-order valence-corrected chi connectivity index (χ0v) is 13.4. The van der Waals surface area contributed by atoms with Gasteiger partial charge in [0, 0.05) is 45.2 Å². The van der Waals surface area contributed by atoms with E-state index in [-0.39, 0.29) is 11.7 Å². The lowest BCUT2D eigenvalue weighted by molar-refractivity contribution is -0.130. The molecule has 0 spiro atoms. The summed E-state index contributed by atoms with van der Waals surface area (Å²) in [7, 11) is 1.49. The molecule has 1 aliphatic rings. The van der Waals surface area contributed by atoms with Gasteiger partial charge in [0.05, 0.1) is 13.0 Å². The number of primary amides is 1. The molecule has 1 heterocycles. The molecule has 1 aromatic rings. The van der Waals surface area contributed by atoms with Crippen LogP contribution in [0.4, 0.5) is 4.39 Å². The van der Waals surface area contributed by atoms with Crippen LogP contribution < -0.4 is 10.5 Å². The van der Waals surface area contributed by atoms with E-state index in [4.69, 9.17) is 10.5 Å². The van der Waals surface area contributed by atoms with E-state index >= 15 is 0 Å².